The van der Waals surface area contributed by atoms with Crippen LogP contribution in [0.1, 0.15) is 30.0 Å². The Bertz CT molecular complexity index is 1520. The lowest BCUT2D eigenvalue weighted by molar-refractivity contribution is 0.137. The maximum absolute atomic E-state index is 8.56. The lowest BCUT2D eigenvalue weighted by Gasteiger charge is -2.09. The molecule has 0 atom stereocenters. The Hall–Kier alpha value is -4.98. The Kier molecular flexibility index (Phi) is 7.13. The highest BCUT2D eigenvalue weighted by Gasteiger charge is 2.23. The van der Waals surface area contributed by atoms with Crippen molar-refractivity contribution in [2.24, 2.45) is 0 Å². The molecule has 2 aromatic carbocycles. The number of rotatable bonds is 6. The van der Waals surface area contributed by atoms with Gasteiger partial charge in [-0.15, -0.1) is 0 Å². The number of benzene rings is 2. The highest BCUT2D eigenvalue weighted by atomic mass is 16.6. The van der Waals surface area contributed by atoms with Crippen molar-refractivity contribution in [1.82, 2.24) is 15.1 Å². The lowest BCUT2D eigenvalue weighted by atomic mass is 10.0. The van der Waals surface area contributed by atoms with Gasteiger partial charge in [-0.1, -0.05) is 59.8 Å². The van der Waals surface area contributed by atoms with E-state index in [-0.39, 0.29) is 0 Å². The van der Waals surface area contributed by atoms with Crippen molar-refractivity contribution < 1.29 is 19.5 Å². The molecule has 3 aromatic heterocycles. The van der Waals surface area contributed by atoms with Crippen LogP contribution in [-0.2, 0) is 0 Å². The Morgan fingerprint density at radius 2 is 1.45 bits per heavy atom. The molecule has 1 saturated carbocycles. The van der Waals surface area contributed by atoms with Gasteiger partial charge in [0.05, 0.1) is 5.69 Å². The first-order valence-electron chi connectivity index (χ1n) is 12.2. The number of hydrogen-bond donors (Lipinski definition) is 3. The molecular formula is C30H26N4O4. The van der Waals surface area contributed by atoms with E-state index in [4.69, 9.17) is 24.5 Å². The number of carbonyl (C=O) groups is 1. The quantitative estimate of drug-likeness (QED) is 0.215. The largest absolute Gasteiger partial charge is 0.503 e. The Morgan fingerprint density at radius 1 is 0.842 bits per heavy atom. The molecule has 8 heteroatoms. The Morgan fingerprint density at radius 3 is 2.08 bits per heavy atom. The first-order chi connectivity index (χ1) is 18.5. The van der Waals surface area contributed by atoms with Crippen molar-refractivity contribution >= 4 is 17.7 Å². The smallest absolute Gasteiger partial charge is 0.450 e. The second kappa shape index (κ2) is 11.0. The number of nitrogens with zero attached hydrogens (tertiary/aromatic N) is 3. The molecule has 6 rings (SSSR count). The molecule has 0 aliphatic heterocycles. The topological polar surface area (TPSA) is 121 Å². The summed E-state index contributed by atoms with van der Waals surface area (Å²) in [7, 11) is 0. The molecule has 1 fully saturated rings. The van der Waals surface area contributed by atoms with Gasteiger partial charge in [-0.3, -0.25) is 4.98 Å². The van der Waals surface area contributed by atoms with E-state index >= 15 is 0 Å². The van der Waals surface area contributed by atoms with Crippen LogP contribution in [0.25, 0.3) is 33.7 Å². The van der Waals surface area contributed by atoms with Crippen molar-refractivity contribution in [3.63, 3.8) is 0 Å². The number of aryl methyl sites for hydroxylation is 1. The Balaban J connectivity index is 0.000000689. The van der Waals surface area contributed by atoms with E-state index in [1.807, 2.05) is 37.3 Å². The van der Waals surface area contributed by atoms with Gasteiger partial charge in [0.2, 0.25) is 0 Å². The molecule has 0 bridgehead atoms. The maximum atomic E-state index is 8.56. The van der Waals surface area contributed by atoms with Gasteiger partial charge in [0.25, 0.3) is 0 Å². The first-order valence-corrected chi connectivity index (χ1v) is 12.2. The molecule has 8 nitrogen and oxygen atoms in total. The summed E-state index contributed by atoms with van der Waals surface area (Å²) in [4.78, 5) is 17.4. The predicted molar refractivity (Wildman–Crippen MR) is 145 cm³/mol. The Labute approximate surface area is 219 Å². The molecule has 5 aromatic rings. The first kappa shape index (κ1) is 24.7. The molecule has 0 spiro atoms. The van der Waals surface area contributed by atoms with Gasteiger partial charge < -0.3 is 20.1 Å². The van der Waals surface area contributed by atoms with Crippen LogP contribution in [0.4, 0.5) is 16.3 Å². The van der Waals surface area contributed by atoms with Crippen LogP contribution in [-0.4, -0.2) is 31.5 Å². The molecular weight excluding hydrogens is 480 g/mol. The standard InChI is InChI=1S/C29H24N4O.CH2O3/c1-19-28(32-27-4-2-3-26(31-27)24-15-17-30-18-16-24)29(34-33-19)25-13-11-23(12-14-25)22-9-7-21(8-10-22)20-5-6-20;2-1(3)4/h2-4,7-18,20H,5-6H2,1H3,(H,31,32);(H2,2,3,4). The molecule has 3 N–H and O–H groups in total. The lowest BCUT2D eigenvalue weighted by Crippen LogP contribution is -1.97. The van der Waals surface area contributed by atoms with Crippen molar-refractivity contribution in [3.05, 3.63) is 103 Å². The highest BCUT2D eigenvalue weighted by molar-refractivity contribution is 5.79. The van der Waals surface area contributed by atoms with E-state index in [0.717, 1.165) is 39.9 Å². The van der Waals surface area contributed by atoms with Crippen LogP contribution >= 0.6 is 0 Å². The van der Waals surface area contributed by atoms with E-state index < -0.39 is 6.16 Å². The van der Waals surface area contributed by atoms with E-state index in [1.54, 1.807) is 12.4 Å². The molecule has 0 radical (unpaired) electrons. The van der Waals surface area contributed by atoms with Gasteiger partial charge in [-0.25, -0.2) is 9.78 Å². The van der Waals surface area contributed by atoms with Crippen LogP contribution in [0.15, 0.2) is 95.8 Å². The summed E-state index contributed by atoms with van der Waals surface area (Å²) >= 11 is 0. The third kappa shape index (κ3) is 5.87. The molecule has 38 heavy (non-hydrogen) atoms. The summed E-state index contributed by atoms with van der Waals surface area (Å²) in [5.74, 6) is 2.20. The van der Waals surface area contributed by atoms with Gasteiger partial charge in [0, 0.05) is 23.5 Å². The van der Waals surface area contributed by atoms with E-state index in [0.29, 0.717) is 5.76 Å². The zero-order valence-electron chi connectivity index (χ0n) is 20.7. The maximum Gasteiger partial charge on any atom is 0.503 e. The fourth-order valence-electron chi connectivity index (χ4n) is 4.21. The third-order valence-corrected chi connectivity index (χ3v) is 6.28. The second-order valence-electron chi connectivity index (χ2n) is 9.00. The van der Waals surface area contributed by atoms with E-state index in [2.05, 4.69) is 64.0 Å². The molecule has 0 unspecified atom stereocenters. The zero-order valence-corrected chi connectivity index (χ0v) is 20.7. The van der Waals surface area contributed by atoms with E-state index in [1.165, 1.54) is 29.5 Å². The number of aromatic nitrogens is 3. The molecule has 1 aliphatic rings. The van der Waals surface area contributed by atoms with Crippen molar-refractivity contribution in [3.8, 4) is 33.7 Å². The number of anilines is 2. The van der Waals surface area contributed by atoms with E-state index in [9.17, 15) is 0 Å². The third-order valence-electron chi connectivity index (χ3n) is 6.28. The van der Waals surface area contributed by atoms with Crippen LogP contribution in [0.3, 0.4) is 0 Å². The summed E-state index contributed by atoms with van der Waals surface area (Å²) in [5, 5.41) is 21.6. The van der Waals surface area contributed by atoms with Gasteiger partial charge >= 0.3 is 6.16 Å². The number of hydrogen-bond acceptors (Lipinski definition) is 6. The monoisotopic (exact) mass is 506 g/mol. The molecule has 1 aliphatic carbocycles. The van der Waals surface area contributed by atoms with Gasteiger partial charge in [-0.2, -0.15) is 0 Å². The zero-order chi connectivity index (χ0) is 26.5. The summed E-state index contributed by atoms with van der Waals surface area (Å²) < 4.78 is 5.71. The van der Waals surface area contributed by atoms with Crippen molar-refractivity contribution in [2.75, 3.05) is 5.32 Å². The number of pyridine rings is 2. The van der Waals surface area contributed by atoms with Crippen LogP contribution < -0.4 is 5.32 Å². The summed E-state index contributed by atoms with van der Waals surface area (Å²) in [6.07, 6.45) is 4.35. The average Bonchev–Trinajstić information content (AvgIpc) is 3.73. The van der Waals surface area contributed by atoms with Crippen LogP contribution in [0, 0.1) is 6.92 Å². The minimum Gasteiger partial charge on any atom is -0.450 e. The van der Waals surface area contributed by atoms with Crippen molar-refractivity contribution in [1.29, 1.82) is 0 Å². The average molecular weight is 507 g/mol. The van der Waals surface area contributed by atoms with Crippen LogP contribution in [0.5, 0.6) is 0 Å². The van der Waals surface area contributed by atoms with Crippen LogP contribution in [0.2, 0.25) is 0 Å². The highest BCUT2D eigenvalue weighted by Crippen LogP contribution is 2.40. The number of carboxylic acid groups (broad SMARTS) is 2. The molecule has 0 amide bonds. The fourth-order valence-corrected chi connectivity index (χ4v) is 4.21. The minimum absolute atomic E-state index is 0.698. The van der Waals surface area contributed by atoms with Crippen molar-refractivity contribution in [2.45, 2.75) is 25.7 Å². The predicted octanol–water partition coefficient (Wildman–Crippen LogP) is 7.62. The molecule has 3 heterocycles. The number of nitrogens with one attached hydrogen (secondary N) is 1. The summed E-state index contributed by atoms with van der Waals surface area (Å²) in [6.45, 7) is 1.93. The minimum atomic E-state index is -1.83. The summed E-state index contributed by atoms with van der Waals surface area (Å²) in [6, 6.07) is 27.2. The molecule has 190 valence electrons. The van der Waals surface area contributed by atoms with Gasteiger partial charge in [0.15, 0.2) is 5.76 Å². The normalized spacial score (nSPS) is 12.3. The summed E-state index contributed by atoms with van der Waals surface area (Å²) in [5.41, 5.74) is 8.32. The molecule has 0 saturated heterocycles. The fraction of sp³-hybridized carbons (Fsp3) is 0.133. The van der Waals surface area contributed by atoms with Gasteiger partial charge in [-0.05, 0) is 66.6 Å². The van der Waals surface area contributed by atoms with Gasteiger partial charge in [0.1, 0.15) is 17.2 Å². The second-order valence-corrected chi connectivity index (χ2v) is 9.00. The SMILES string of the molecule is Cc1noc(-c2ccc(-c3ccc(C4CC4)cc3)cc2)c1Nc1cccc(-c2ccncc2)n1.O=C(O)O.